The van der Waals surface area contributed by atoms with Crippen LogP contribution in [0.25, 0.3) is 0 Å². The number of hydrogen-bond donors (Lipinski definition) is 3. The van der Waals surface area contributed by atoms with E-state index in [1.54, 1.807) is 0 Å². The molecular weight excluding hydrogens is 259 g/mol. The van der Waals surface area contributed by atoms with Gasteiger partial charge >= 0.3 is 13.8 Å². The third kappa shape index (κ3) is 8.42. The second-order valence-corrected chi connectivity index (χ2v) is 5.35. The van der Waals surface area contributed by atoms with E-state index in [0.29, 0.717) is 12.0 Å². The number of hydrogen-bond acceptors (Lipinski definition) is 3. The SMILES string of the molecule is CCCCCCC(COP(=O)(O)O)=C(C)C(=O)O. The number of rotatable bonds is 9. The van der Waals surface area contributed by atoms with Crippen molar-refractivity contribution in [2.75, 3.05) is 6.61 Å². The van der Waals surface area contributed by atoms with Crippen LogP contribution in [0.1, 0.15) is 46.0 Å². The predicted molar refractivity (Wildman–Crippen MR) is 67.1 cm³/mol. The van der Waals surface area contributed by atoms with Crippen LogP contribution in [0.2, 0.25) is 0 Å². The molecular formula is C11H21O6P. The van der Waals surface area contributed by atoms with Gasteiger partial charge in [-0.3, -0.25) is 4.52 Å². The summed E-state index contributed by atoms with van der Waals surface area (Å²) in [5.41, 5.74) is 0.530. The first-order chi connectivity index (χ1) is 8.28. The Bertz CT molecular complexity index is 343. The summed E-state index contributed by atoms with van der Waals surface area (Å²) >= 11 is 0. The number of unbranched alkanes of at least 4 members (excludes halogenated alkanes) is 3. The van der Waals surface area contributed by atoms with Gasteiger partial charge in [0.15, 0.2) is 0 Å². The molecule has 0 fully saturated rings. The maximum atomic E-state index is 10.8. The fraction of sp³-hybridized carbons (Fsp3) is 0.727. The third-order valence-electron chi connectivity index (χ3n) is 2.59. The van der Waals surface area contributed by atoms with Crippen LogP contribution in [0.15, 0.2) is 11.1 Å². The normalized spacial score (nSPS) is 13.3. The van der Waals surface area contributed by atoms with Gasteiger partial charge in [0.05, 0.1) is 6.61 Å². The minimum absolute atomic E-state index is 0.0972. The summed E-state index contributed by atoms with van der Waals surface area (Å²) in [5.74, 6) is -1.09. The zero-order chi connectivity index (χ0) is 14.2. The van der Waals surface area contributed by atoms with Crippen LogP contribution in [0.5, 0.6) is 0 Å². The van der Waals surface area contributed by atoms with Gasteiger partial charge in [0.1, 0.15) is 0 Å². The zero-order valence-electron chi connectivity index (χ0n) is 10.8. The van der Waals surface area contributed by atoms with Crippen molar-refractivity contribution in [3.05, 3.63) is 11.1 Å². The molecule has 106 valence electrons. The van der Waals surface area contributed by atoms with Crippen LogP contribution in [0.3, 0.4) is 0 Å². The first-order valence-corrected chi connectivity index (χ1v) is 7.43. The molecule has 0 aromatic rings. The maximum Gasteiger partial charge on any atom is 0.469 e. The number of carboxylic acids is 1. The Labute approximate surface area is 107 Å². The van der Waals surface area contributed by atoms with E-state index < -0.39 is 13.8 Å². The van der Waals surface area contributed by atoms with Gasteiger partial charge in [-0.1, -0.05) is 26.2 Å². The Balaban J connectivity index is 4.50. The van der Waals surface area contributed by atoms with E-state index >= 15 is 0 Å². The molecule has 0 heterocycles. The molecule has 0 rings (SSSR count). The molecule has 0 aromatic carbocycles. The summed E-state index contributed by atoms with van der Waals surface area (Å²) in [7, 11) is -4.56. The van der Waals surface area contributed by atoms with Crippen LogP contribution in [0, 0.1) is 0 Å². The van der Waals surface area contributed by atoms with Gasteiger partial charge in [-0.2, -0.15) is 0 Å². The van der Waals surface area contributed by atoms with Crippen molar-refractivity contribution in [1.29, 1.82) is 0 Å². The molecule has 0 bridgehead atoms. The molecule has 0 spiro atoms. The predicted octanol–water partition coefficient (Wildman–Crippen LogP) is 2.47. The molecule has 7 heteroatoms. The molecule has 0 saturated carbocycles. The summed E-state index contributed by atoms with van der Waals surface area (Å²) < 4.78 is 15.0. The topological polar surface area (TPSA) is 104 Å². The van der Waals surface area contributed by atoms with E-state index in [9.17, 15) is 9.36 Å². The quantitative estimate of drug-likeness (QED) is 0.340. The molecule has 0 amide bonds. The van der Waals surface area contributed by atoms with Gasteiger partial charge in [-0.05, 0) is 25.3 Å². The van der Waals surface area contributed by atoms with Crippen molar-refractivity contribution in [2.24, 2.45) is 0 Å². The average molecular weight is 280 g/mol. The summed E-state index contributed by atoms with van der Waals surface area (Å²) in [6, 6.07) is 0. The average Bonchev–Trinajstić information content (AvgIpc) is 2.25. The lowest BCUT2D eigenvalue weighted by Crippen LogP contribution is -2.06. The second kappa shape index (κ2) is 8.43. The second-order valence-electron chi connectivity index (χ2n) is 4.11. The molecule has 0 aromatic heterocycles. The molecule has 0 aliphatic carbocycles. The lowest BCUT2D eigenvalue weighted by molar-refractivity contribution is -0.132. The highest BCUT2D eigenvalue weighted by Crippen LogP contribution is 2.36. The van der Waals surface area contributed by atoms with Gasteiger partial charge in [0.2, 0.25) is 0 Å². The van der Waals surface area contributed by atoms with Crippen molar-refractivity contribution in [1.82, 2.24) is 0 Å². The van der Waals surface area contributed by atoms with Crippen LogP contribution >= 0.6 is 7.82 Å². The molecule has 0 saturated heterocycles. The smallest absolute Gasteiger partial charge is 0.469 e. The number of carbonyl (C=O) groups is 1. The van der Waals surface area contributed by atoms with Crippen molar-refractivity contribution in [2.45, 2.75) is 46.0 Å². The first-order valence-electron chi connectivity index (χ1n) is 5.90. The van der Waals surface area contributed by atoms with E-state index in [4.69, 9.17) is 14.9 Å². The molecule has 0 radical (unpaired) electrons. The standard InChI is InChI=1S/C11H21O6P/c1-3-4-5-6-7-10(9(2)11(12)13)8-17-18(14,15)16/h3-8H2,1-2H3,(H,12,13)(H2,14,15,16). The lowest BCUT2D eigenvalue weighted by Gasteiger charge is -2.11. The molecule has 18 heavy (non-hydrogen) atoms. The fourth-order valence-electron chi connectivity index (χ4n) is 1.45. The van der Waals surface area contributed by atoms with E-state index in [0.717, 1.165) is 25.7 Å². The first kappa shape index (κ1) is 17.3. The van der Waals surface area contributed by atoms with Gasteiger partial charge < -0.3 is 14.9 Å². The Morgan fingerprint density at radius 2 is 1.83 bits per heavy atom. The zero-order valence-corrected chi connectivity index (χ0v) is 11.7. The molecule has 0 atom stereocenters. The summed E-state index contributed by atoms with van der Waals surface area (Å²) in [6.07, 6.45) is 4.36. The van der Waals surface area contributed by atoms with Gasteiger partial charge in [0, 0.05) is 5.57 Å². The van der Waals surface area contributed by atoms with Crippen LogP contribution in [0.4, 0.5) is 0 Å². The monoisotopic (exact) mass is 280 g/mol. The number of aliphatic carboxylic acids is 1. The minimum Gasteiger partial charge on any atom is -0.478 e. The van der Waals surface area contributed by atoms with Crippen molar-refractivity contribution >= 4 is 13.8 Å². The highest BCUT2D eigenvalue weighted by atomic mass is 31.2. The Morgan fingerprint density at radius 1 is 1.22 bits per heavy atom. The maximum absolute atomic E-state index is 10.8. The van der Waals surface area contributed by atoms with Crippen molar-refractivity contribution < 1.29 is 28.8 Å². The van der Waals surface area contributed by atoms with Crippen molar-refractivity contribution in [3.63, 3.8) is 0 Å². The highest BCUT2D eigenvalue weighted by molar-refractivity contribution is 7.46. The lowest BCUT2D eigenvalue weighted by atomic mass is 10.0. The van der Waals surface area contributed by atoms with E-state index in [2.05, 4.69) is 11.4 Å². The largest absolute Gasteiger partial charge is 0.478 e. The fourth-order valence-corrected chi connectivity index (χ4v) is 1.77. The molecule has 0 unspecified atom stereocenters. The minimum atomic E-state index is -4.56. The molecule has 3 N–H and O–H groups in total. The third-order valence-corrected chi connectivity index (χ3v) is 3.06. The van der Waals surface area contributed by atoms with Gasteiger partial charge in [-0.25, -0.2) is 9.36 Å². The summed E-state index contributed by atoms with van der Waals surface area (Å²) in [6.45, 7) is 3.14. The molecule has 0 aliphatic rings. The van der Waals surface area contributed by atoms with Gasteiger partial charge in [-0.15, -0.1) is 0 Å². The summed E-state index contributed by atoms with van der Waals surface area (Å²) in [5, 5.41) is 8.88. The molecule has 6 nitrogen and oxygen atoms in total. The van der Waals surface area contributed by atoms with Crippen LogP contribution in [-0.4, -0.2) is 27.5 Å². The highest BCUT2D eigenvalue weighted by Gasteiger charge is 2.17. The van der Waals surface area contributed by atoms with E-state index in [1.165, 1.54) is 6.92 Å². The van der Waals surface area contributed by atoms with E-state index in [-0.39, 0.29) is 12.2 Å². The Morgan fingerprint density at radius 3 is 2.28 bits per heavy atom. The Kier molecular flexibility index (Phi) is 8.11. The number of phosphoric ester groups is 1. The van der Waals surface area contributed by atoms with Crippen LogP contribution < -0.4 is 0 Å². The number of phosphoric acid groups is 1. The molecule has 0 aliphatic heterocycles. The van der Waals surface area contributed by atoms with Crippen molar-refractivity contribution in [3.8, 4) is 0 Å². The number of carboxylic acid groups (broad SMARTS) is 1. The van der Waals surface area contributed by atoms with Gasteiger partial charge in [0.25, 0.3) is 0 Å². The van der Waals surface area contributed by atoms with Crippen LogP contribution in [-0.2, 0) is 13.9 Å². The Hall–Kier alpha value is -0.680. The summed E-state index contributed by atoms with van der Waals surface area (Å²) in [4.78, 5) is 28.1. The van der Waals surface area contributed by atoms with E-state index in [1.807, 2.05) is 0 Å².